The van der Waals surface area contributed by atoms with Crippen LogP contribution in [-0.2, 0) is 9.53 Å². The molecule has 0 aromatic heterocycles. The van der Waals surface area contributed by atoms with Gasteiger partial charge in [-0.05, 0) is 13.3 Å². The molecule has 0 aliphatic heterocycles. The van der Waals surface area contributed by atoms with E-state index in [0.717, 1.165) is 0 Å². The fourth-order valence-electron chi connectivity index (χ4n) is 0.838. The standard InChI is InChI=1S/C8H11F5O2/c1-3-4-5(2)15-6(14)7(9,10)8(11,12)13/h5H,3-4H2,1-2H3. The van der Waals surface area contributed by atoms with Crippen molar-refractivity contribution in [3.05, 3.63) is 0 Å². The zero-order valence-electron chi connectivity index (χ0n) is 8.20. The van der Waals surface area contributed by atoms with Gasteiger partial charge in [-0.1, -0.05) is 13.3 Å². The van der Waals surface area contributed by atoms with E-state index in [1.54, 1.807) is 6.92 Å². The average molecular weight is 234 g/mol. The van der Waals surface area contributed by atoms with Gasteiger partial charge in [0.2, 0.25) is 0 Å². The largest absolute Gasteiger partial charge is 0.465 e. The van der Waals surface area contributed by atoms with Gasteiger partial charge >= 0.3 is 18.1 Å². The third-order valence-electron chi connectivity index (χ3n) is 1.62. The predicted octanol–water partition coefficient (Wildman–Crippen LogP) is 2.92. The summed E-state index contributed by atoms with van der Waals surface area (Å²) in [7, 11) is 0. The Labute approximate surface area is 83.4 Å². The van der Waals surface area contributed by atoms with Crippen molar-refractivity contribution in [1.29, 1.82) is 0 Å². The molecule has 15 heavy (non-hydrogen) atoms. The summed E-state index contributed by atoms with van der Waals surface area (Å²) in [6.45, 7) is 2.94. The molecule has 2 nitrogen and oxygen atoms in total. The van der Waals surface area contributed by atoms with Gasteiger partial charge in [-0.2, -0.15) is 22.0 Å². The number of ether oxygens (including phenoxy) is 1. The summed E-state index contributed by atoms with van der Waals surface area (Å²) in [5.74, 6) is -7.98. The smallest absolute Gasteiger partial charge is 0.458 e. The molecule has 0 heterocycles. The molecule has 0 rings (SSSR count). The van der Waals surface area contributed by atoms with Crippen LogP contribution < -0.4 is 0 Å². The molecule has 0 aliphatic carbocycles. The highest BCUT2D eigenvalue weighted by Crippen LogP contribution is 2.36. The van der Waals surface area contributed by atoms with Gasteiger partial charge in [0.25, 0.3) is 0 Å². The Kier molecular flexibility index (Phi) is 4.48. The van der Waals surface area contributed by atoms with Gasteiger partial charge in [-0.25, -0.2) is 4.79 Å². The van der Waals surface area contributed by atoms with E-state index in [1.807, 2.05) is 0 Å². The van der Waals surface area contributed by atoms with Crippen LogP contribution in [0.1, 0.15) is 26.7 Å². The summed E-state index contributed by atoms with van der Waals surface area (Å²) in [5, 5.41) is 0. The molecular formula is C8H11F5O2. The van der Waals surface area contributed by atoms with Gasteiger partial charge in [0, 0.05) is 0 Å². The van der Waals surface area contributed by atoms with Gasteiger partial charge in [0.05, 0.1) is 6.10 Å². The fourth-order valence-corrected chi connectivity index (χ4v) is 0.838. The number of esters is 1. The molecule has 7 heteroatoms. The summed E-state index contributed by atoms with van der Waals surface area (Å²) >= 11 is 0. The Morgan fingerprint density at radius 3 is 2.07 bits per heavy atom. The highest BCUT2D eigenvalue weighted by atomic mass is 19.4. The number of carbonyl (C=O) groups is 1. The molecule has 0 N–H and O–H groups in total. The molecule has 0 saturated heterocycles. The van der Waals surface area contributed by atoms with Crippen LogP contribution in [0.25, 0.3) is 0 Å². The monoisotopic (exact) mass is 234 g/mol. The molecule has 90 valence electrons. The minimum atomic E-state index is -5.91. The van der Waals surface area contributed by atoms with Crippen molar-refractivity contribution in [3.63, 3.8) is 0 Å². The quantitative estimate of drug-likeness (QED) is 0.552. The van der Waals surface area contributed by atoms with Crippen molar-refractivity contribution in [2.24, 2.45) is 0 Å². The fraction of sp³-hybridized carbons (Fsp3) is 0.875. The molecule has 0 aromatic rings. The zero-order valence-corrected chi connectivity index (χ0v) is 8.20. The molecule has 0 amide bonds. The van der Waals surface area contributed by atoms with E-state index >= 15 is 0 Å². The highest BCUT2D eigenvalue weighted by Gasteiger charge is 2.65. The Morgan fingerprint density at radius 1 is 1.27 bits per heavy atom. The van der Waals surface area contributed by atoms with Crippen LogP contribution in [0.2, 0.25) is 0 Å². The lowest BCUT2D eigenvalue weighted by Crippen LogP contribution is -2.46. The SMILES string of the molecule is CCCC(C)OC(=O)C(F)(F)C(F)(F)F. The first kappa shape index (κ1) is 14.1. The Morgan fingerprint density at radius 2 is 1.73 bits per heavy atom. The van der Waals surface area contributed by atoms with Crippen LogP contribution in [0.5, 0.6) is 0 Å². The van der Waals surface area contributed by atoms with Crippen LogP contribution in [-0.4, -0.2) is 24.2 Å². The number of carbonyl (C=O) groups excluding carboxylic acids is 1. The normalized spacial score (nSPS) is 14.9. The van der Waals surface area contributed by atoms with E-state index in [-0.39, 0.29) is 6.42 Å². The lowest BCUT2D eigenvalue weighted by atomic mass is 10.2. The third-order valence-corrected chi connectivity index (χ3v) is 1.62. The molecule has 1 atom stereocenters. The lowest BCUT2D eigenvalue weighted by Gasteiger charge is -2.20. The van der Waals surface area contributed by atoms with Gasteiger partial charge in [0.1, 0.15) is 0 Å². The molecule has 0 radical (unpaired) electrons. The van der Waals surface area contributed by atoms with Crippen molar-refractivity contribution in [1.82, 2.24) is 0 Å². The van der Waals surface area contributed by atoms with Gasteiger partial charge in [0.15, 0.2) is 0 Å². The summed E-state index contributed by atoms with van der Waals surface area (Å²) in [5.41, 5.74) is 0. The first-order valence-electron chi connectivity index (χ1n) is 4.28. The Balaban J connectivity index is 4.45. The highest BCUT2D eigenvalue weighted by molar-refractivity contribution is 5.78. The Hall–Kier alpha value is -0.880. The maximum absolute atomic E-state index is 12.3. The van der Waals surface area contributed by atoms with E-state index in [1.165, 1.54) is 6.92 Å². The summed E-state index contributed by atoms with van der Waals surface area (Å²) in [6.07, 6.45) is -6.10. The molecule has 0 saturated carbocycles. The molecule has 1 unspecified atom stereocenters. The van der Waals surface area contributed by atoms with Crippen molar-refractivity contribution < 1.29 is 31.5 Å². The summed E-state index contributed by atoms with van der Waals surface area (Å²) < 4.78 is 63.6. The number of halogens is 5. The van der Waals surface area contributed by atoms with Crippen LogP contribution >= 0.6 is 0 Å². The zero-order chi connectivity index (χ0) is 12.3. The predicted molar refractivity (Wildman–Crippen MR) is 41.5 cm³/mol. The molecule has 0 aliphatic rings. The van der Waals surface area contributed by atoms with Gasteiger partial charge < -0.3 is 4.74 Å². The molecule has 0 aromatic carbocycles. The van der Waals surface area contributed by atoms with Gasteiger partial charge in [-0.15, -0.1) is 0 Å². The molecule has 0 bridgehead atoms. The first-order chi connectivity index (χ1) is 6.63. The lowest BCUT2D eigenvalue weighted by molar-refractivity contribution is -0.282. The van der Waals surface area contributed by atoms with E-state index in [9.17, 15) is 26.7 Å². The van der Waals surface area contributed by atoms with Crippen molar-refractivity contribution in [2.45, 2.75) is 44.9 Å². The summed E-state index contributed by atoms with van der Waals surface area (Å²) in [6, 6.07) is 0. The molecule has 0 spiro atoms. The molecular weight excluding hydrogens is 223 g/mol. The summed E-state index contributed by atoms with van der Waals surface area (Å²) in [4.78, 5) is 10.5. The van der Waals surface area contributed by atoms with Crippen LogP contribution in [0.4, 0.5) is 22.0 Å². The van der Waals surface area contributed by atoms with E-state index in [4.69, 9.17) is 0 Å². The number of hydrogen-bond acceptors (Lipinski definition) is 2. The van der Waals surface area contributed by atoms with Crippen molar-refractivity contribution >= 4 is 5.97 Å². The van der Waals surface area contributed by atoms with Crippen molar-refractivity contribution in [3.8, 4) is 0 Å². The first-order valence-corrected chi connectivity index (χ1v) is 4.28. The van der Waals surface area contributed by atoms with Crippen LogP contribution in [0, 0.1) is 0 Å². The topological polar surface area (TPSA) is 26.3 Å². The Bertz CT molecular complexity index is 224. The van der Waals surface area contributed by atoms with E-state index in [0.29, 0.717) is 6.42 Å². The third kappa shape index (κ3) is 3.64. The van der Waals surface area contributed by atoms with E-state index in [2.05, 4.69) is 4.74 Å². The van der Waals surface area contributed by atoms with Crippen LogP contribution in [0.15, 0.2) is 0 Å². The van der Waals surface area contributed by atoms with Gasteiger partial charge in [-0.3, -0.25) is 0 Å². The maximum atomic E-state index is 12.3. The van der Waals surface area contributed by atoms with E-state index < -0.39 is 24.2 Å². The van der Waals surface area contributed by atoms with Crippen LogP contribution in [0.3, 0.4) is 0 Å². The second-order valence-electron chi connectivity index (χ2n) is 3.08. The minimum Gasteiger partial charge on any atom is -0.458 e. The maximum Gasteiger partial charge on any atom is 0.465 e. The van der Waals surface area contributed by atoms with Crippen molar-refractivity contribution in [2.75, 3.05) is 0 Å². The second-order valence-corrected chi connectivity index (χ2v) is 3.08. The second kappa shape index (κ2) is 4.76. The number of hydrogen-bond donors (Lipinski definition) is 0. The molecule has 0 fully saturated rings. The number of rotatable bonds is 4. The average Bonchev–Trinajstić information content (AvgIpc) is 2.02. The number of alkyl halides is 5. The minimum absolute atomic E-state index is 0.236.